The highest BCUT2D eigenvalue weighted by Crippen LogP contribution is 2.21. The van der Waals surface area contributed by atoms with Gasteiger partial charge in [-0.05, 0) is 12.8 Å². The van der Waals surface area contributed by atoms with Crippen molar-refractivity contribution in [3.63, 3.8) is 0 Å². The molecule has 2 rings (SSSR count). The van der Waals surface area contributed by atoms with E-state index in [1.54, 1.807) is 11.3 Å². The van der Waals surface area contributed by atoms with Crippen molar-refractivity contribution in [1.29, 1.82) is 0 Å². The third-order valence-electron chi connectivity index (χ3n) is 3.27. The molecule has 19 heavy (non-hydrogen) atoms. The molecule has 0 bridgehead atoms. The number of thiazole rings is 1. The molecule has 5 nitrogen and oxygen atoms in total. The summed E-state index contributed by atoms with van der Waals surface area (Å²) in [7, 11) is 0. The average Bonchev–Trinajstić information content (AvgIpc) is 2.84. The SMILES string of the molecule is CCCNc1ncc(CN2CCNC(=O)C2CC)s1. The molecule has 0 saturated carbocycles. The Labute approximate surface area is 118 Å². The van der Waals surface area contributed by atoms with E-state index in [2.05, 4.69) is 34.4 Å². The summed E-state index contributed by atoms with van der Waals surface area (Å²) in [6, 6.07) is 0.00269. The number of carbonyl (C=O) groups excluding carboxylic acids is 1. The van der Waals surface area contributed by atoms with E-state index in [1.165, 1.54) is 4.88 Å². The summed E-state index contributed by atoms with van der Waals surface area (Å²) < 4.78 is 0. The molecule has 1 aliphatic rings. The van der Waals surface area contributed by atoms with Crippen LogP contribution in [0.5, 0.6) is 0 Å². The van der Waals surface area contributed by atoms with Crippen LogP contribution < -0.4 is 10.6 Å². The van der Waals surface area contributed by atoms with Crippen molar-refractivity contribution in [2.75, 3.05) is 25.0 Å². The van der Waals surface area contributed by atoms with Crippen LogP contribution in [0, 0.1) is 0 Å². The van der Waals surface area contributed by atoms with E-state index in [0.717, 1.165) is 44.2 Å². The molecule has 1 fully saturated rings. The highest BCUT2D eigenvalue weighted by Gasteiger charge is 2.28. The van der Waals surface area contributed by atoms with Crippen molar-refractivity contribution in [2.45, 2.75) is 39.3 Å². The standard InChI is InChI=1S/C13H22N4OS/c1-3-5-15-13-16-8-10(19-13)9-17-7-6-14-12(18)11(17)4-2/h8,11H,3-7,9H2,1-2H3,(H,14,18)(H,15,16). The van der Waals surface area contributed by atoms with Crippen LogP contribution >= 0.6 is 11.3 Å². The van der Waals surface area contributed by atoms with Crippen molar-refractivity contribution in [3.8, 4) is 0 Å². The Morgan fingerprint density at radius 3 is 3.16 bits per heavy atom. The van der Waals surface area contributed by atoms with E-state index < -0.39 is 0 Å². The first-order valence-corrected chi connectivity index (χ1v) is 7.76. The third kappa shape index (κ3) is 3.67. The van der Waals surface area contributed by atoms with Crippen LogP contribution in [0.4, 0.5) is 5.13 Å². The summed E-state index contributed by atoms with van der Waals surface area (Å²) in [5.41, 5.74) is 0. The van der Waals surface area contributed by atoms with Crippen LogP contribution in [-0.4, -0.2) is 41.5 Å². The van der Waals surface area contributed by atoms with Gasteiger partial charge in [0.1, 0.15) is 0 Å². The maximum atomic E-state index is 11.8. The number of nitrogens with zero attached hydrogens (tertiary/aromatic N) is 2. The molecule has 1 aromatic rings. The summed E-state index contributed by atoms with van der Waals surface area (Å²) in [6.45, 7) is 7.63. The summed E-state index contributed by atoms with van der Waals surface area (Å²) in [4.78, 5) is 19.6. The van der Waals surface area contributed by atoms with Crippen molar-refractivity contribution >= 4 is 22.4 Å². The number of aromatic nitrogens is 1. The van der Waals surface area contributed by atoms with Crippen LogP contribution in [0.15, 0.2) is 6.20 Å². The lowest BCUT2D eigenvalue weighted by atomic mass is 10.1. The topological polar surface area (TPSA) is 57.3 Å². The molecular weight excluding hydrogens is 260 g/mol. The molecule has 1 aliphatic heterocycles. The van der Waals surface area contributed by atoms with E-state index in [9.17, 15) is 4.79 Å². The fourth-order valence-electron chi connectivity index (χ4n) is 2.29. The number of nitrogens with one attached hydrogen (secondary N) is 2. The van der Waals surface area contributed by atoms with Gasteiger partial charge in [0.15, 0.2) is 5.13 Å². The molecule has 1 aromatic heterocycles. The first-order valence-electron chi connectivity index (χ1n) is 6.95. The number of anilines is 1. The number of rotatable bonds is 6. The second-order valence-corrected chi connectivity index (χ2v) is 5.86. The number of hydrogen-bond donors (Lipinski definition) is 2. The summed E-state index contributed by atoms with van der Waals surface area (Å²) in [6.07, 6.45) is 3.87. The number of piperazine rings is 1. The van der Waals surface area contributed by atoms with Gasteiger partial charge < -0.3 is 10.6 Å². The molecule has 1 saturated heterocycles. The molecule has 0 aromatic carbocycles. The second-order valence-electron chi connectivity index (χ2n) is 4.74. The Hall–Kier alpha value is -1.14. The maximum absolute atomic E-state index is 11.8. The Morgan fingerprint density at radius 2 is 2.42 bits per heavy atom. The number of hydrogen-bond acceptors (Lipinski definition) is 5. The van der Waals surface area contributed by atoms with Gasteiger partial charge in [-0.1, -0.05) is 13.8 Å². The first kappa shape index (κ1) is 14.3. The van der Waals surface area contributed by atoms with Gasteiger partial charge >= 0.3 is 0 Å². The van der Waals surface area contributed by atoms with Gasteiger partial charge in [0.05, 0.1) is 6.04 Å². The zero-order valence-electron chi connectivity index (χ0n) is 11.6. The van der Waals surface area contributed by atoms with Crippen LogP contribution in [0.2, 0.25) is 0 Å². The normalized spacial score (nSPS) is 20.3. The highest BCUT2D eigenvalue weighted by molar-refractivity contribution is 7.15. The fourth-order valence-corrected chi connectivity index (χ4v) is 3.15. The minimum atomic E-state index is 0.00269. The van der Waals surface area contributed by atoms with Crippen LogP contribution in [0.3, 0.4) is 0 Å². The van der Waals surface area contributed by atoms with Gasteiger partial charge in [-0.15, -0.1) is 11.3 Å². The van der Waals surface area contributed by atoms with Crippen molar-refractivity contribution in [3.05, 3.63) is 11.1 Å². The highest BCUT2D eigenvalue weighted by atomic mass is 32.1. The van der Waals surface area contributed by atoms with Crippen molar-refractivity contribution in [1.82, 2.24) is 15.2 Å². The first-order chi connectivity index (χ1) is 9.24. The van der Waals surface area contributed by atoms with E-state index >= 15 is 0 Å². The monoisotopic (exact) mass is 282 g/mol. The predicted octanol–water partition coefficient (Wildman–Crippen LogP) is 1.68. The fraction of sp³-hybridized carbons (Fsp3) is 0.692. The minimum Gasteiger partial charge on any atom is -0.362 e. The molecule has 1 unspecified atom stereocenters. The third-order valence-corrected chi connectivity index (χ3v) is 4.21. The minimum absolute atomic E-state index is 0.00269. The Bertz CT molecular complexity index is 421. The van der Waals surface area contributed by atoms with Crippen LogP contribution in [0.25, 0.3) is 0 Å². The maximum Gasteiger partial charge on any atom is 0.237 e. The van der Waals surface area contributed by atoms with E-state index in [1.807, 2.05) is 6.20 Å². The average molecular weight is 282 g/mol. The molecule has 2 N–H and O–H groups in total. The Morgan fingerprint density at radius 1 is 1.58 bits per heavy atom. The molecule has 1 atom stereocenters. The van der Waals surface area contributed by atoms with Gasteiger partial charge in [-0.3, -0.25) is 9.69 Å². The van der Waals surface area contributed by atoms with Crippen LogP contribution in [0.1, 0.15) is 31.6 Å². The molecule has 0 radical (unpaired) electrons. The summed E-state index contributed by atoms with van der Waals surface area (Å²) in [5, 5.41) is 7.20. The van der Waals surface area contributed by atoms with Gasteiger partial charge in [0.2, 0.25) is 5.91 Å². The van der Waals surface area contributed by atoms with E-state index in [0.29, 0.717) is 0 Å². The zero-order chi connectivity index (χ0) is 13.7. The molecule has 0 spiro atoms. The van der Waals surface area contributed by atoms with Crippen LogP contribution in [-0.2, 0) is 11.3 Å². The van der Waals surface area contributed by atoms with Gasteiger partial charge in [0, 0.05) is 37.3 Å². The molecule has 2 heterocycles. The smallest absolute Gasteiger partial charge is 0.237 e. The lowest BCUT2D eigenvalue weighted by molar-refractivity contribution is -0.129. The largest absolute Gasteiger partial charge is 0.362 e. The van der Waals surface area contributed by atoms with Gasteiger partial charge in [-0.2, -0.15) is 0 Å². The van der Waals surface area contributed by atoms with E-state index in [4.69, 9.17) is 0 Å². The molecule has 0 aliphatic carbocycles. The number of amides is 1. The lowest BCUT2D eigenvalue weighted by Gasteiger charge is -2.33. The number of carbonyl (C=O) groups is 1. The Kier molecular flexibility index (Phi) is 5.15. The quantitative estimate of drug-likeness (QED) is 0.833. The van der Waals surface area contributed by atoms with Gasteiger partial charge in [0.25, 0.3) is 0 Å². The predicted molar refractivity (Wildman–Crippen MR) is 78.4 cm³/mol. The molecule has 1 amide bonds. The summed E-state index contributed by atoms with van der Waals surface area (Å²) in [5.74, 6) is 0.155. The second kappa shape index (κ2) is 6.86. The summed E-state index contributed by atoms with van der Waals surface area (Å²) >= 11 is 1.68. The molecule has 106 valence electrons. The zero-order valence-corrected chi connectivity index (χ0v) is 12.4. The lowest BCUT2D eigenvalue weighted by Crippen LogP contribution is -2.54. The molecular formula is C13H22N4OS. The van der Waals surface area contributed by atoms with Gasteiger partial charge in [-0.25, -0.2) is 4.98 Å². The van der Waals surface area contributed by atoms with E-state index in [-0.39, 0.29) is 11.9 Å². The molecule has 6 heteroatoms. The van der Waals surface area contributed by atoms with Crippen molar-refractivity contribution < 1.29 is 4.79 Å². The van der Waals surface area contributed by atoms with Crippen molar-refractivity contribution in [2.24, 2.45) is 0 Å². The Balaban J connectivity index is 1.95.